The van der Waals surface area contributed by atoms with Crippen LogP contribution >= 0.6 is 34.8 Å². The molecular formula is C30H31Cl3F3N3O4S. The molecule has 0 aromatic heterocycles. The molecule has 0 fully saturated rings. The van der Waals surface area contributed by atoms with Gasteiger partial charge in [-0.1, -0.05) is 78.1 Å². The van der Waals surface area contributed by atoms with E-state index in [1.165, 1.54) is 11.0 Å². The van der Waals surface area contributed by atoms with Crippen LogP contribution in [0, 0.1) is 0 Å². The fraction of sp³-hybridized carbons (Fsp3) is 0.333. The highest BCUT2D eigenvalue weighted by Gasteiger charge is 2.36. The quantitative estimate of drug-likeness (QED) is 0.222. The molecule has 2 amide bonds. The van der Waals surface area contributed by atoms with E-state index in [1.807, 2.05) is 6.92 Å². The molecule has 1 N–H and O–H groups in total. The second kappa shape index (κ2) is 14.9. The van der Waals surface area contributed by atoms with E-state index < -0.39 is 51.9 Å². The maximum atomic E-state index is 14.1. The predicted octanol–water partition coefficient (Wildman–Crippen LogP) is 6.99. The summed E-state index contributed by atoms with van der Waals surface area (Å²) in [5.41, 5.74) is -0.581. The summed E-state index contributed by atoms with van der Waals surface area (Å²) in [5.74, 6) is -1.39. The first kappa shape index (κ1) is 35.5. The minimum atomic E-state index is -4.81. The average molecular weight is 693 g/mol. The number of hydrogen-bond acceptors (Lipinski definition) is 4. The first-order valence-electron chi connectivity index (χ1n) is 13.4. The number of alkyl halides is 3. The molecule has 0 bridgehead atoms. The normalized spacial score (nSPS) is 13.2. The number of carbonyl (C=O) groups excluding carboxylic acids is 2. The van der Waals surface area contributed by atoms with E-state index in [1.54, 1.807) is 49.4 Å². The van der Waals surface area contributed by atoms with Crippen molar-refractivity contribution in [3.05, 3.63) is 98.5 Å². The summed E-state index contributed by atoms with van der Waals surface area (Å²) in [5, 5.41) is 3.08. The highest BCUT2D eigenvalue weighted by Crippen LogP contribution is 2.36. The van der Waals surface area contributed by atoms with Crippen LogP contribution in [0.4, 0.5) is 18.9 Å². The molecule has 3 rings (SSSR count). The van der Waals surface area contributed by atoms with Crippen molar-refractivity contribution in [2.24, 2.45) is 0 Å². The van der Waals surface area contributed by atoms with Gasteiger partial charge in [-0.15, -0.1) is 0 Å². The first-order chi connectivity index (χ1) is 20.5. The standard InChI is InChI=1S/C30H31Cl3F3N3O4S/c1-4-19(2)37-29(41)27(14-20-8-6-5-7-9-20)38(17-21-10-12-23(31)16-25(21)33)28(40)18-39(44(3,42)43)26-15-22(30(34,35)36)11-13-24(26)32/h5-13,15-16,19,27H,4,14,17-18H2,1-3H3,(H,37,41). The molecule has 0 saturated heterocycles. The number of halogens is 6. The lowest BCUT2D eigenvalue weighted by Gasteiger charge is -2.34. The highest BCUT2D eigenvalue weighted by molar-refractivity contribution is 7.92. The smallest absolute Gasteiger partial charge is 0.352 e. The molecule has 0 aliphatic heterocycles. The summed E-state index contributed by atoms with van der Waals surface area (Å²) in [4.78, 5) is 29.0. The average Bonchev–Trinajstić information content (AvgIpc) is 2.94. The molecule has 7 nitrogen and oxygen atoms in total. The number of anilines is 1. The molecule has 238 valence electrons. The lowest BCUT2D eigenvalue weighted by molar-refractivity contribution is -0.140. The molecule has 0 saturated carbocycles. The summed E-state index contributed by atoms with van der Waals surface area (Å²) in [7, 11) is -4.36. The second-order valence-corrected chi connectivity index (χ2v) is 13.4. The van der Waals surface area contributed by atoms with Gasteiger partial charge in [0.05, 0.1) is 22.5 Å². The molecule has 2 atom stereocenters. The monoisotopic (exact) mass is 691 g/mol. The third-order valence-electron chi connectivity index (χ3n) is 6.85. The van der Waals surface area contributed by atoms with Crippen molar-refractivity contribution in [2.45, 2.75) is 51.5 Å². The van der Waals surface area contributed by atoms with Crippen LogP contribution in [0.15, 0.2) is 66.7 Å². The number of hydrogen-bond donors (Lipinski definition) is 1. The number of amides is 2. The highest BCUT2D eigenvalue weighted by atomic mass is 35.5. The van der Waals surface area contributed by atoms with Gasteiger partial charge in [0.25, 0.3) is 0 Å². The van der Waals surface area contributed by atoms with E-state index in [-0.39, 0.29) is 29.1 Å². The molecular weight excluding hydrogens is 662 g/mol. The molecule has 0 aliphatic rings. The second-order valence-electron chi connectivity index (χ2n) is 10.2. The van der Waals surface area contributed by atoms with E-state index in [4.69, 9.17) is 34.8 Å². The van der Waals surface area contributed by atoms with Gasteiger partial charge in [-0.2, -0.15) is 13.2 Å². The summed E-state index contributed by atoms with van der Waals surface area (Å²) in [6, 6.07) is 14.2. The lowest BCUT2D eigenvalue weighted by Crippen LogP contribution is -2.54. The Morgan fingerprint density at radius 2 is 1.61 bits per heavy atom. The van der Waals surface area contributed by atoms with Crippen LogP contribution in [-0.2, 0) is 38.8 Å². The van der Waals surface area contributed by atoms with Gasteiger partial charge in [-0.05, 0) is 54.8 Å². The number of sulfonamides is 1. The molecule has 3 aromatic carbocycles. The minimum Gasteiger partial charge on any atom is -0.352 e. The fourth-order valence-electron chi connectivity index (χ4n) is 4.30. The Morgan fingerprint density at radius 1 is 0.955 bits per heavy atom. The van der Waals surface area contributed by atoms with Crippen molar-refractivity contribution in [1.82, 2.24) is 10.2 Å². The zero-order valence-electron chi connectivity index (χ0n) is 24.0. The first-order valence-corrected chi connectivity index (χ1v) is 16.4. The molecule has 2 unspecified atom stereocenters. The van der Waals surface area contributed by atoms with Gasteiger partial charge >= 0.3 is 6.18 Å². The van der Waals surface area contributed by atoms with E-state index in [9.17, 15) is 31.2 Å². The van der Waals surface area contributed by atoms with Gasteiger partial charge in [0.2, 0.25) is 21.8 Å². The van der Waals surface area contributed by atoms with Crippen molar-refractivity contribution >= 4 is 62.3 Å². The van der Waals surface area contributed by atoms with E-state index in [0.29, 0.717) is 39.0 Å². The largest absolute Gasteiger partial charge is 0.416 e. The Hall–Kier alpha value is -2.99. The van der Waals surface area contributed by atoms with Crippen molar-refractivity contribution in [2.75, 3.05) is 17.1 Å². The van der Waals surface area contributed by atoms with Crippen LogP contribution in [0.1, 0.15) is 37.0 Å². The Balaban J connectivity index is 2.15. The maximum absolute atomic E-state index is 14.1. The zero-order chi connectivity index (χ0) is 32.8. The van der Waals surface area contributed by atoms with Crippen LogP contribution in [0.5, 0.6) is 0 Å². The predicted molar refractivity (Wildman–Crippen MR) is 167 cm³/mol. The molecule has 14 heteroatoms. The summed E-state index contributed by atoms with van der Waals surface area (Å²) in [6.45, 7) is 2.47. The SMILES string of the molecule is CCC(C)NC(=O)C(Cc1ccccc1)N(Cc1ccc(Cl)cc1Cl)C(=O)CN(c1cc(C(F)(F)F)ccc1Cl)S(C)(=O)=O. The van der Waals surface area contributed by atoms with Crippen molar-refractivity contribution in [3.8, 4) is 0 Å². The summed E-state index contributed by atoms with van der Waals surface area (Å²) >= 11 is 18.7. The molecule has 0 radical (unpaired) electrons. The lowest BCUT2D eigenvalue weighted by atomic mass is 10.0. The Bertz CT molecular complexity index is 1590. The number of nitrogens with one attached hydrogen (secondary N) is 1. The Kier molecular flexibility index (Phi) is 12.0. The molecule has 3 aromatic rings. The van der Waals surface area contributed by atoms with Crippen molar-refractivity contribution < 1.29 is 31.2 Å². The van der Waals surface area contributed by atoms with E-state index in [0.717, 1.165) is 12.3 Å². The van der Waals surface area contributed by atoms with Crippen LogP contribution < -0.4 is 9.62 Å². The third-order valence-corrected chi connectivity index (χ3v) is 8.88. The van der Waals surface area contributed by atoms with Gasteiger partial charge < -0.3 is 10.2 Å². The Labute approximate surface area is 269 Å². The van der Waals surface area contributed by atoms with Gasteiger partial charge in [0.1, 0.15) is 12.6 Å². The maximum Gasteiger partial charge on any atom is 0.416 e. The summed E-state index contributed by atoms with van der Waals surface area (Å²) < 4.78 is 67.0. The zero-order valence-corrected chi connectivity index (χ0v) is 27.1. The van der Waals surface area contributed by atoms with Gasteiger partial charge in [0, 0.05) is 29.1 Å². The van der Waals surface area contributed by atoms with Crippen molar-refractivity contribution in [1.29, 1.82) is 0 Å². The molecule has 0 aliphatic carbocycles. The van der Waals surface area contributed by atoms with Crippen molar-refractivity contribution in [3.63, 3.8) is 0 Å². The minimum absolute atomic E-state index is 0.0449. The number of carbonyl (C=O) groups is 2. The number of nitrogens with zero attached hydrogens (tertiary/aromatic N) is 2. The number of benzene rings is 3. The van der Waals surface area contributed by atoms with Gasteiger partial charge in [0.15, 0.2) is 0 Å². The van der Waals surface area contributed by atoms with Crippen LogP contribution in [0.25, 0.3) is 0 Å². The van der Waals surface area contributed by atoms with E-state index >= 15 is 0 Å². The molecule has 0 heterocycles. The topological polar surface area (TPSA) is 86.8 Å². The van der Waals surface area contributed by atoms with Crippen LogP contribution in [-0.4, -0.2) is 50.0 Å². The van der Waals surface area contributed by atoms with Gasteiger partial charge in [-0.3, -0.25) is 13.9 Å². The van der Waals surface area contributed by atoms with Crippen LogP contribution in [0.2, 0.25) is 15.1 Å². The molecule has 0 spiro atoms. The summed E-state index contributed by atoms with van der Waals surface area (Å²) in [6.07, 6.45) is -3.42. The number of rotatable bonds is 12. The Morgan fingerprint density at radius 3 is 2.18 bits per heavy atom. The third kappa shape index (κ3) is 9.50. The fourth-order valence-corrected chi connectivity index (χ4v) is 5.89. The van der Waals surface area contributed by atoms with Crippen LogP contribution in [0.3, 0.4) is 0 Å². The van der Waals surface area contributed by atoms with Gasteiger partial charge in [-0.25, -0.2) is 8.42 Å². The molecule has 44 heavy (non-hydrogen) atoms. The van der Waals surface area contributed by atoms with E-state index in [2.05, 4.69) is 5.32 Å².